The number of hydrogen-bond donors (Lipinski definition) is 2. The third kappa shape index (κ3) is 3.26. The Kier molecular flexibility index (Phi) is 4.57. The summed E-state index contributed by atoms with van der Waals surface area (Å²) in [6.45, 7) is 0.309. The number of benzene rings is 1. The minimum Gasteiger partial charge on any atom is -0.393 e. The fourth-order valence-electron chi connectivity index (χ4n) is 2.42. The first kappa shape index (κ1) is 14.7. The quantitative estimate of drug-likeness (QED) is 0.658. The van der Waals surface area contributed by atoms with E-state index in [1.54, 1.807) is 0 Å². The summed E-state index contributed by atoms with van der Waals surface area (Å²) in [6, 6.07) is 3.86. The van der Waals surface area contributed by atoms with Crippen molar-refractivity contribution < 1.29 is 14.8 Å². The molecule has 1 aromatic carbocycles. The molecule has 0 radical (unpaired) electrons. The van der Waals surface area contributed by atoms with Gasteiger partial charge in [0.2, 0.25) is 0 Å². The zero-order valence-corrected chi connectivity index (χ0v) is 11.5. The first-order chi connectivity index (χ1) is 9.49. The zero-order chi connectivity index (χ0) is 14.7. The van der Waals surface area contributed by atoms with Crippen molar-refractivity contribution in [1.82, 2.24) is 5.32 Å². The maximum Gasteiger partial charge on any atom is 0.282 e. The van der Waals surface area contributed by atoms with E-state index in [2.05, 4.69) is 5.32 Å². The highest BCUT2D eigenvalue weighted by molar-refractivity contribution is 6.31. The molecule has 1 aliphatic rings. The molecule has 0 bridgehead atoms. The number of aliphatic hydroxyl groups is 1. The van der Waals surface area contributed by atoms with E-state index >= 15 is 0 Å². The average molecular weight is 299 g/mol. The summed E-state index contributed by atoms with van der Waals surface area (Å²) in [5.41, 5.74) is -0.339. The number of amides is 1. The van der Waals surface area contributed by atoms with Gasteiger partial charge in [-0.25, -0.2) is 0 Å². The van der Waals surface area contributed by atoms with Crippen molar-refractivity contribution in [3.63, 3.8) is 0 Å². The molecule has 0 aromatic heterocycles. The second-order valence-electron chi connectivity index (χ2n) is 4.89. The molecular formula is C13H15ClN2O4. The molecule has 2 N–H and O–H groups in total. The molecule has 1 amide bonds. The van der Waals surface area contributed by atoms with Crippen LogP contribution in [-0.2, 0) is 0 Å². The molecule has 108 valence electrons. The summed E-state index contributed by atoms with van der Waals surface area (Å²) in [5.74, 6) is -0.532. The van der Waals surface area contributed by atoms with Gasteiger partial charge in [-0.2, -0.15) is 0 Å². The Balaban J connectivity index is 2.08. The van der Waals surface area contributed by atoms with Crippen LogP contribution in [0.2, 0.25) is 5.02 Å². The standard InChI is InChI=1S/C13H15ClN2O4/c14-9-4-5-11(16(19)20)10(6-9)13(18)15-7-8-2-1-3-12(8)17/h4-6,8,12,17H,1-3,7H2,(H,15,18). The molecule has 1 saturated carbocycles. The van der Waals surface area contributed by atoms with Gasteiger partial charge in [0.25, 0.3) is 11.6 Å². The van der Waals surface area contributed by atoms with Gasteiger partial charge in [-0.3, -0.25) is 14.9 Å². The molecule has 1 aromatic rings. The lowest BCUT2D eigenvalue weighted by molar-refractivity contribution is -0.385. The van der Waals surface area contributed by atoms with Gasteiger partial charge in [0.15, 0.2) is 0 Å². The lowest BCUT2D eigenvalue weighted by Gasteiger charge is -2.15. The molecule has 0 saturated heterocycles. The van der Waals surface area contributed by atoms with Gasteiger partial charge in [-0.15, -0.1) is 0 Å². The Morgan fingerprint density at radius 2 is 2.25 bits per heavy atom. The molecule has 20 heavy (non-hydrogen) atoms. The van der Waals surface area contributed by atoms with Crippen LogP contribution in [0.15, 0.2) is 18.2 Å². The molecule has 1 aliphatic carbocycles. The highest BCUT2D eigenvalue weighted by Gasteiger charge is 2.27. The van der Waals surface area contributed by atoms with E-state index in [-0.39, 0.29) is 22.2 Å². The zero-order valence-electron chi connectivity index (χ0n) is 10.7. The third-order valence-electron chi connectivity index (χ3n) is 3.54. The van der Waals surface area contributed by atoms with Crippen molar-refractivity contribution in [3.05, 3.63) is 38.9 Å². The molecular weight excluding hydrogens is 284 g/mol. The lowest BCUT2D eigenvalue weighted by Crippen LogP contribution is -2.32. The SMILES string of the molecule is O=C(NCC1CCCC1O)c1cc(Cl)ccc1[N+](=O)[O-]. The molecule has 7 heteroatoms. The summed E-state index contributed by atoms with van der Waals surface area (Å²) in [4.78, 5) is 22.3. The van der Waals surface area contributed by atoms with Gasteiger partial charge in [0.1, 0.15) is 5.56 Å². The minimum atomic E-state index is -0.615. The largest absolute Gasteiger partial charge is 0.393 e. The number of nitrogens with one attached hydrogen (secondary N) is 1. The highest BCUT2D eigenvalue weighted by Crippen LogP contribution is 2.26. The Morgan fingerprint density at radius 3 is 2.85 bits per heavy atom. The minimum absolute atomic E-state index is 0.0113. The molecule has 6 nitrogen and oxygen atoms in total. The normalized spacial score (nSPS) is 21.7. The number of carbonyl (C=O) groups is 1. The predicted molar refractivity (Wildman–Crippen MR) is 73.8 cm³/mol. The van der Waals surface area contributed by atoms with Crippen molar-refractivity contribution in [2.24, 2.45) is 5.92 Å². The fraction of sp³-hybridized carbons (Fsp3) is 0.462. The van der Waals surface area contributed by atoms with Crippen LogP contribution < -0.4 is 5.32 Å². The lowest BCUT2D eigenvalue weighted by atomic mass is 10.1. The second-order valence-corrected chi connectivity index (χ2v) is 5.32. The van der Waals surface area contributed by atoms with E-state index in [1.165, 1.54) is 18.2 Å². The molecule has 2 rings (SSSR count). The number of nitro groups is 1. The van der Waals surface area contributed by atoms with Gasteiger partial charge in [-0.05, 0) is 25.0 Å². The molecule has 0 aliphatic heterocycles. The van der Waals surface area contributed by atoms with Gasteiger partial charge < -0.3 is 10.4 Å². The summed E-state index contributed by atoms with van der Waals surface area (Å²) in [6.07, 6.45) is 2.10. The number of nitro benzene ring substituents is 1. The van der Waals surface area contributed by atoms with Crippen LogP contribution >= 0.6 is 11.6 Å². The Hall–Kier alpha value is -1.66. The number of hydrogen-bond acceptors (Lipinski definition) is 4. The van der Waals surface area contributed by atoms with Crippen LogP contribution in [0.3, 0.4) is 0 Å². The van der Waals surface area contributed by atoms with Gasteiger partial charge in [0.05, 0.1) is 11.0 Å². The summed E-state index contributed by atoms with van der Waals surface area (Å²) >= 11 is 5.77. The van der Waals surface area contributed by atoms with Crippen LogP contribution in [0.4, 0.5) is 5.69 Å². The Labute approximate surface area is 120 Å². The predicted octanol–water partition coefficient (Wildman–Crippen LogP) is 2.14. The van der Waals surface area contributed by atoms with Crippen molar-refractivity contribution >= 4 is 23.2 Å². The van der Waals surface area contributed by atoms with Crippen LogP contribution in [0.5, 0.6) is 0 Å². The monoisotopic (exact) mass is 298 g/mol. The van der Waals surface area contributed by atoms with Crippen molar-refractivity contribution in [1.29, 1.82) is 0 Å². The number of carbonyl (C=O) groups excluding carboxylic acids is 1. The summed E-state index contributed by atoms with van der Waals surface area (Å²) in [5, 5.41) is 23.5. The van der Waals surface area contributed by atoms with E-state index in [0.29, 0.717) is 6.54 Å². The highest BCUT2D eigenvalue weighted by atomic mass is 35.5. The van der Waals surface area contributed by atoms with Crippen molar-refractivity contribution in [2.45, 2.75) is 25.4 Å². The summed E-state index contributed by atoms with van der Waals surface area (Å²) in [7, 11) is 0. The van der Waals surface area contributed by atoms with Gasteiger partial charge >= 0.3 is 0 Å². The van der Waals surface area contributed by atoms with Crippen LogP contribution in [0, 0.1) is 16.0 Å². The second kappa shape index (κ2) is 6.19. The average Bonchev–Trinajstić information content (AvgIpc) is 2.81. The molecule has 0 heterocycles. The van der Waals surface area contributed by atoms with Gasteiger partial charge in [0, 0.05) is 23.6 Å². The molecule has 0 spiro atoms. The van der Waals surface area contributed by atoms with Crippen LogP contribution in [0.1, 0.15) is 29.6 Å². The number of nitrogens with zero attached hydrogens (tertiary/aromatic N) is 1. The topological polar surface area (TPSA) is 92.5 Å². The molecule has 2 atom stereocenters. The number of rotatable bonds is 4. The van der Waals surface area contributed by atoms with Crippen LogP contribution in [-0.4, -0.2) is 28.6 Å². The first-order valence-corrected chi connectivity index (χ1v) is 6.77. The number of halogens is 1. The van der Waals surface area contributed by atoms with Crippen LogP contribution in [0.25, 0.3) is 0 Å². The fourth-order valence-corrected chi connectivity index (χ4v) is 2.60. The van der Waals surface area contributed by atoms with E-state index in [4.69, 9.17) is 11.6 Å². The van der Waals surface area contributed by atoms with E-state index in [0.717, 1.165) is 19.3 Å². The van der Waals surface area contributed by atoms with Gasteiger partial charge in [-0.1, -0.05) is 18.0 Å². The Morgan fingerprint density at radius 1 is 1.50 bits per heavy atom. The third-order valence-corrected chi connectivity index (χ3v) is 3.78. The first-order valence-electron chi connectivity index (χ1n) is 6.39. The summed E-state index contributed by atoms with van der Waals surface area (Å²) < 4.78 is 0. The smallest absolute Gasteiger partial charge is 0.282 e. The maximum atomic E-state index is 12.0. The molecule has 1 fully saturated rings. The van der Waals surface area contributed by atoms with E-state index in [1.807, 2.05) is 0 Å². The Bertz CT molecular complexity index is 535. The van der Waals surface area contributed by atoms with Crippen molar-refractivity contribution in [3.8, 4) is 0 Å². The molecule has 2 unspecified atom stereocenters. The van der Waals surface area contributed by atoms with E-state index in [9.17, 15) is 20.0 Å². The maximum absolute atomic E-state index is 12.0. The number of aliphatic hydroxyl groups excluding tert-OH is 1. The van der Waals surface area contributed by atoms with E-state index < -0.39 is 16.9 Å². The van der Waals surface area contributed by atoms with Crippen molar-refractivity contribution in [2.75, 3.05) is 6.54 Å².